The van der Waals surface area contributed by atoms with E-state index in [-0.39, 0.29) is 12.3 Å². The number of rotatable bonds is 9. The summed E-state index contributed by atoms with van der Waals surface area (Å²) >= 11 is 4.67. The molecule has 3 aromatic rings. The van der Waals surface area contributed by atoms with Crippen molar-refractivity contribution in [3.8, 4) is 0 Å². The normalized spacial score (nSPS) is 10.7. The molecular formula is C17H19N5OS3. The molecule has 0 radical (unpaired) electrons. The number of nitrogens with zero attached hydrogens (tertiary/aromatic N) is 3. The predicted molar refractivity (Wildman–Crippen MR) is 109 cm³/mol. The zero-order valence-corrected chi connectivity index (χ0v) is 16.7. The van der Waals surface area contributed by atoms with Crippen molar-refractivity contribution in [1.82, 2.24) is 15.2 Å². The van der Waals surface area contributed by atoms with Crippen molar-refractivity contribution in [2.24, 2.45) is 0 Å². The number of carbonyl (C=O) groups excluding carboxylic acids is 1. The highest BCUT2D eigenvalue weighted by molar-refractivity contribution is 8.00. The van der Waals surface area contributed by atoms with Crippen LogP contribution >= 0.6 is 34.4 Å². The molecule has 0 saturated carbocycles. The molecular weight excluding hydrogens is 386 g/mol. The van der Waals surface area contributed by atoms with Crippen LogP contribution in [0.5, 0.6) is 0 Å². The van der Waals surface area contributed by atoms with Crippen LogP contribution in [-0.4, -0.2) is 27.6 Å². The Balaban J connectivity index is 1.47. The molecule has 136 valence electrons. The van der Waals surface area contributed by atoms with E-state index >= 15 is 0 Å². The van der Waals surface area contributed by atoms with Gasteiger partial charge in [-0.15, -0.1) is 21.5 Å². The molecule has 0 aliphatic heterocycles. The minimum Gasteiger partial charge on any atom is -0.360 e. The van der Waals surface area contributed by atoms with E-state index in [4.69, 9.17) is 0 Å². The smallest absolute Gasteiger partial charge is 0.231 e. The summed E-state index contributed by atoms with van der Waals surface area (Å²) in [6.07, 6.45) is 1.34. The molecule has 2 aromatic heterocycles. The van der Waals surface area contributed by atoms with E-state index < -0.39 is 0 Å². The molecule has 2 heterocycles. The monoisotopic (exact) mass is 405 g/mol. The predicted octanol–water partition coefficient (Wildman–Crippen LogP) is 4.29. The number of hydrogen-bond acceptors (Lipinski definition) is 8. The van der Waals surface area contributed by atoms with Gasteiger partial charge in [-0.2, -0.15) is 0 Å². The van der Waals surface area contributed by atoms with Gasteiger partial charge in [0.1, 0.15) is 5.01 Å². The summed E-state index contributed by atoms with van der Waals surface area (Å²) in [7, 11) is 0. The van der Waals surface area contributed by atoms with E-state index in [1.54, 1.807) is 23.1 Å². The Morgan fingerprint density at radius 3 is 2.88 bits per heavy atom. The third kappa shape index (κ3) is 5.79. The summed E-state index contributed by atoms with van der Waals surface area (Å²) in [6.45, 7) is 3.02. The molecule has 26 heavy (non-hydrogen) atoms. The number of thiazole rings is 1. The number of hydrogen-bond donors (Lipinski definition) is 2. The Morgan fingerprint density at radius 2 is 2.08 bits per heavy atom. The van der Waals surface area contributed by atoms with Crippen molar-refractivity contribution in [2.45, 2.75) is 29.9 Å². The number of anilines is 2. The average molecular weight is 406 g/mol. The lowest BCUT2D eigenvalue weighted by Crippen LogP contribution is -2.14. The van der Waals surface area contributed by atoms with Crippen LogP contribution in [0.1, 0.15) is 24.0 Å². The van der Waals surface area contributed by atoms with Gasteiger partial charge in [0.2, 0.25) is 11.0 Å². The molecule has 0 fully saturated rings. The number of aromatic nitrogens is 3. The maximum absolute atomic E-state index is 12.1. The van der Waals surface area contributed by atoms with Gasteiger partial charge in [0.15, 0.2) is 4.34 Å². The number of benzene rings is 1. The molecule has 0 saturated heterocycles. The van der Waals surface area contributed by atoms with E-state index in [1.807, 2.05) is 35.7 Å². The first-order valence-electron chi connectivity index (χ1n) is 8.21. The number of nitrogens with one attached hydrogen (secondary N) is 2. The molecule has 0 unspecified atom stereocenters. The van der Waals surface area contributed by atoms with Crippen molar-refractivity contribution >= 4 is 51.2 Å². The highest BCUT2D eigenvalue weighted by Crippen LogP contribution is 2.28. The van der Waals surface area contributed by atoms with Crippen molar-refractivity contribution in [2.75, 3.05) is 17.2 Å². The number of carbonyl (C=O) groups is 1. The lowest BCUT2D eigenvalue weighted by atomic mass is 10.3. The topological polar surface area (TPSA) is 79.8 Å². The fraction of sp³-hybridized carbons (Fsp3) is 0.294. The molecule has 1 aromatic carbocycles. The molecule has 0 atom stereocenters. The second kappa shape index (κ2) is 9.65. The summed E-state index contributed by atoms with van der Waals surface area (Å²) < 4.78 is 0.917. The van der Waals surface area contributed by atoms with Gasteiger partial charge in [-0.3, -0.25) is 4.79 Å². The van der Waals surface area contributed by atoms with Gasteiger partial charge in [-0.05, 0) is 18.6 Å². The third-order valence-corrected chi connectivity index (χ3v) is 6.19. The van der Waals surface area contributed by atoms with Crippen LogP contribution in [0.2, 0.25) is 0 Å². The molecule has 0 spiro atoms. The van der Waals surface area contributed by atoms with Crippen LogP contribution in [0.25, 0.3) is 0 Å². The molecule has 2 N–H and O–H groups in total. The Hall–Kier alpha value is -1.97. The van der Waals surface area contributed by atoms with Crippen LogP contribution in [-0.2, 0) is 17.0 Å². The zero-order valence-electron chi connectivity index (χ0n) is 14.3. The fourth-order valence-electron chi connectivity index (χ4n) is 2.07. The Labute approximate surface area is 164 Å². The minimum absolute atomic E-state index is 0.0551. The molecule has 0 aliphatic carbocycles. The quantitative estimate of drug-likeness (QED) is 0.517. The van der Waals surface area contributed by atoms with Gasteiger partial charge >= 0.3 is 0 Å². The summed E-state index contributed by atoms with van der Waals surface area (Å²) in [5.74, 6) is 0.666. The van der Waals surface area contributed by atoms with Gasteiger partial charge in [-0.25, -0.2) is 4.98 Å². The highest BCUT2D eigenvalue weighted by Gasteiger charge is 2.10. The van der Waals surface area contributed by atoms with Crippen molar-refractivity contribution < 1.29 is 4.79 Å². The van der Waals surface area contributed by atoms with Crippen LogP contribution < -0.4 is 10.6 Å². The summed E-state index contributed by atoms with van der Waals surface area (Å²) in [4.78, 5) is 16.6. The second-order valence-electron chi connectivity index (χ2n) is 5.41. The Kier molecular flexibility index (Phi) is 6.98. The lowest BCUT2D eigenvalue weighted by molar-refractivity contribution is -0.115. The second-order valence-corrected chi connectivity index (χ2v) is 8.55. The van der Waals surface area contributed by atoms with Crippen molar-refractivity contribution in [3.63, 3.8) is 0 Å². The number of thioether (sulfide) groups is 1. The van der Waals surface area contributed by atoms with Gasteiger partial charge in [0.05, 0.1) is 12.1 Å². The molecule has 9 heteroatoms. The van der Waals surface area contributed by atoms with E-state index in [2.05, 4.69) is 32.7 Å². The van der Waals surface area contributed by atoms with Gasteiger partial charge in [0.25, 0.3) is 0 Å². The molecule has 0 bridgehead atoms. The maximum atomic E-state index is 12.1. The first-order chi connectivity index (χ1) is 12.7. The van der Waals surface area contributed by atoms with E-state index in [9.17, 15) is 4.79 Å². The average Bonchev–Trinajstić information content (AvgIpc) is 3.28. The lowest BCUT2D eigenvalue weighted by Gasteiger charge is -2.02. The third-order valence-electron chi connectivity index (χ3n) is 3.24. The standard InChI is InChI=1S/C17H19N5OS3/c1-2-8-18-16-21-22-17(26-16)25-11-13-10-24-15(20-13)9-14(23)19-12-6-4-3-5-7-12/h3-7,10H,2,8-9,11H2,1H3,(H,18,21)(H,19,23). The molecule has 0 aliphatic rings. The SMILES string of the molecule is CCCNc1nnc(SCc2csc(CC(=O)Nc3ccccc3)n2)s1. The first-order valence-corrected chi connectivity index (χ1v) is 10.9. The summed E-state index contributed by atoms with van der Waals surface area (Å²) in [5.41, 5.74) is 1.76. The number of amides is 1. The van der Waals surface area contributed by atoms with Crippen molar-refractivity contribution in [3.05, 3.63) is 46.4 Å². The van der Waals surface area contributed by atoms with Crippen LogP contribution in [0.15, 0.2) is 40.1 Å². The minimum atomic E-state index is -0.0551. The van der Waals surface area contributed by atoms with Crippen LogP contribution in [0, 0.1) is 0 Å². The fourth-order valence-corrected chi connectivity index (χ4v) is 4.64. The summed E-state index contributed by atoms with van der Waals surface area (Å²) in [6, 6.07) is 9.44. The molecule has 3 rings (SSSR count). The van der Waals surface area contributed by atoms with Gasteiger partial charge in [-0.1, -0.05) is 48.2 Å². The number of para-hydroxylation sites is 1. The Bertz CT molecular complexity index is 834. The van der Waals surface area contributed by atoms with E-state index in [0.717, 1.165) is 44.6 Å². The van der Waals surface area contributed by atoms with Gasteiger partial charge < -0.3 is 10.6 Å². The van der Waals surface area contributed by atoms with Crippen LogP contribution in [0.3, 0.4) is 0 Å². The zero-order chi connectivity index (χ0) is 18.2. The first kappa shape index (κ1) is 18.8. The molecule has 1 amide bonds. The van der Waals surface area contributed by atoms with Crippen LogP contribution in [0.4, 0.5) is 10.8 Å². The summed E-state index contributed by atoms with van der Waals surface area (Å²) in [5, 5.41) is 18.1. The molecule has 6 nitrogen and oxygen atoms in total. The maximum Gasteiger partial charge on any atom is 0.231 e. The van der Waals surface area contributed by atoms with E-state index in [1.165, 1.54) is 11.3 Å². The highest BCUT2D eigenvalue weighted by atomic mass is 32.2. The largest absolute Gasteiger partial charge is 0.360 e. The van der Waals surface area contributed by atoms with E-state index in [0.29, 0.717) is 0 Å². The Morgan fingerprint density at radius 1 is 1.23 bits per heavy atom. The van der Waals surface area contributed by atoms with Gasteiger partial charge in [0, 0.05) is 23.4 Å². The van der Waals surface area contributed by atoms with Crippen molar-refractivity contribution in [1.29, 1.82) is 0 Å².